The van der Waals surface area contributed by atoms with Gasteiger partial charge in [0.15, 0.2) is 5.17 Å². The highest BCUT2D eigenvalue weighted by molar-refractivity contribution is 8.14. The molecule has 0 spiro atoms. The second-order valence-electron chi connectivity index (χ2n) is 7.61. The van der Waals surface area contributed by atoms with Gasteiger partial charge in [0.2, 0.25) is 0 Å². The minimum Gasteiger partial charge on any atom is -0.346 e. The van der Waals surface area contributed by atoms with Crippen LogP contribution in [0.2, 0.25) is 0 Å². The summed E-state index contributed by atoms with van der Waals surface area (Å²) in [5.41, 5.74) is 2.52. The maximum atomic E-state index is 5.15. The number of thioether (sulfide) groups is 1. The molecule has 0 radical (unpaired) electrons. The SMILES string of the molecule is CC[C@@H]1CSC2=N[C@H](c3ccccn3)[C@H](c3cccn3C3CCCC3)N21. The van der Waals surface area contributed by atoms with Gasteiger partial charge in [-0.15, -0.1) is 0 Å². The first-order chi connectivity index (χ1) is 12.9. The zero-order valence-corrected chi connectivity index (χ0v) is 16.1. The van der Waals surface area contributed by atoms with Gasteiger partial charge in [0.05, 0.1) is 11.7 Å². The second kappa shape index (κ2) is 6.76. The molecule has 1 saturated heterocycles. The van der Waals surface area contributed by atoms with Gasteiger partial charge in [0.25, 0.3) is 0 Å². The van der Waals surface area contributed by atoms with Crippen LogP contribution < -0.4 is 0 Å². The van der Waals surface area contributed by atoms with Crippen LogP contribution >= 0.6 is 11.8 Å². The second-order valence-corrected chi connectivity index (χ2v) is 8.60. The lowest BCUT2D eigenvalue weighted by atomic mass is 9.99. The fraction of sp³-hybridized carbons (Fsp3) is 0.524. The molecule has 3 aliphatic rings. The molecular weight excluding hydrogens is 340 g/mol. The Bertz CT molecular complexity index is 793. The molecule has 2 aromatic heterocycles. The molecule has 1 aliphatic carbocycles. The highest BCUT2D eigenvalue weighted by atomic mass is 32.2. The van der Waals surface area contributed by atoms with Crippen molar-refractivity contribution in [3.8, 4) is 0 Å². The van der Waals surface area contributed by atoms with Gasteiger partial charge in [-0.2, -0.15) is 0 Å². The van der Waals surface area contributed by atoms with Crippen molar-refractivity contribution in [1.82, 2.24) is 14.5 Å². The van der Waals surface area contributed by atoms with Crippen molar-refractivity contribution in [2.24, 2.45) is 4.99 Å². The van der Waals surface area contributed by atoms with Gasteiger partial charge in [0.1, 0.15) is 6.04 Å². The van der Waals surface area contributed by atoms with E-state index < -0.39 is 0 Å². The van der Waals surface area contributed by atoms with Gasteiger partial charge < -0.3 is 9.47 Å². The Labute approximate surface area is 159 Å². The molecule has 2 aromatic rings. The van der Waals surface area contributed by atoms with Gasteiger partial charge in [-0.3, -0.25) is 9.98 Å². The van der Waals surface area contributed by atoms with E-state index in [0.29, 0.717) is 12.1 Å². The number of hydrogen-bond donors (Lipinski definition) is 0. The van der Waals surface area contributed by atoms with Crippen molar-refractivity contribution in [3.63, 3.8) is 0 Å². The molecule has 2 fully saturated rings. The van der Waals surface area contributed by atoms with Crippen molar-refractivity contribution < 1.29 is 0 Å². The molecule has 4 heterocycles. The predicted octanol–water partition coefficient (Wildman–Crippen LogP) is 4.98. The summed E-state index contributed by atoms with van der Waals surface area (Å²) in [4.78, 5) is 12.4. The Balaban J connectivity index is 1.58. The minimum absolute atomic E-state index is 0.100. The zero-order chi connectivity index (χ0) is 17.5. The van der Waals surface area contributed by atoms with E-state index in [9.17, 15) is 0 Å². The van der Waals surface area contributed by atoms with Gasteiger partial charge in [-0.25, -0.2) is 0 Å². The molecule has 5 rings (SSSR count). The van der Waals surface area contributed by atoms with Crippen LogP contribution in [0, 0.1) is 0 Å². The summed E-state index contributed by atoms with van der Waals surface area (Å²) < 4.78 is 2.56. The fourth-order valence-corrected chi connectivity index (χ4v) is 6.18. The van der Waals surface area contributed by atoms with Crippen LogP contribution in [0.15, 0.2) is 47.7 Å². The molecule has 4 nitrogen and oxygen atoms in total. The van der Waals surface area contributed by atoms with E-state index in [2.05, 4.69) is 51.8 Å². The van der Waals surface area contributed by atoms with Crippen molar-refractivity contribution in [3.05, 3.63) is 54.1 Å². The average molecular weight is 367 g/mol. The Morgan fingerprint density at radius 3 is 2.81 bits per heavy atom. The molecule has 3 atom stereocenters. The van der Waals surface area contributed by atoms with Crippen molar-refractivity contribution in [1.29, 1.82) is 0 Å². The maximum absolute atomic E-state index is 5.15. The summed E-state index contributed by atoms with van der Waals surface area (Å²) in [7, 11) is 0. The summed E-state index contributed by atoms with van der Waals surface area (Å²) in [5, 5.41) is 1.22. The highest BCUT2D eigenvalue weighted by Crippen LogP contribution is 2.49. The van der Waals surface area contributed by atoms with Crippen LogP contribution in [-0.4, -0.2) is 31.4 Å². The fourth-order valence-electron chi connectivity index (χ4n) is 4.84. The lowest BCUT2D eigenvalue weighted by molar-refractivity contribution is 0.241. The first-order valence-corrected chi connectivity index (χ1v) is 10.9. The first-order valence-electron chi connectivity index (χ1n) is 9.93. The molecule has 0 amide bonds. The quantitative estimate of drug-likeness (QED) is 0.765. The van der Waals surface area contributed by atoms with Crippen LogP contribution in [0.1, 0.15) is 68.5 Å². The number of hydrogen-bond acceptors (Lipinski definition) is 4. The molecule has 0 unspecified atom stereocenters. The molecule has 0 aromatic carbocycles. The first kappa shape index (κ1) is 16.4. The molecule has 0 N–H and O–H groups in total. The third kappa shape index (κ3) is 2.59. The van der Waals surface area contributed by atoms with Crippen LogP contribution in [0.4, 0.5) is 0 Å². The van der Waals surface area contributed by atoms with E-state index in [1.165, 1.54) is 43.0 Å². The highest BCUT2D eigenvalue weighted by Gasteiger charge is 2.46. The van der Waals surface area contributed by atoms with Crippen LogP contribution in [0.5, 0.6) is 0 Å². The van der Waals surface area contributed by atoms with E-state index >= 15 is 0 Å². The van der Waals surface area contributed by atoms with E-state index in [0.717, 1.165) is 11.4 Å². The molecule has 136 valence electrons. The van der Waals surface area contributed by atoms with E-state index in [1.807, 2.05) is 24.0 Å². The monoisotopic (exact) mass is 366 g/mol. The largest absolute Gasteiger partial charge is 0.346 e. The van der Waals surface area contributed by atoms with E-state index in [4.69, 9.17) is 4.99 Å². The van der Waals surface area contributed by atoms with Crippen LogP contribution in [-0.2, 0) is 0 Å². The lowest BCUT2D eigenvalue weighted by Crippen LogP contribution is -2.36. The predicted molar refractivity (Wildman–Crippen MR) is 107 cm³/mol. The van der Waals surface area contributed by atoms with Gasteiger partial charge >= 0.3 is 0 Å². The lowest BCUT2D eigenvalue weighted by Gasteiger charge is -2.33. The van der Waals surface area contributed by atoms with Crippen molar-refractivity contribution in [2.75, 3.05) is 5.75 Å². The van der Waals surface area contributed by atoms with Crippen LogP contribution in [0.3, 0.4) is 0 Å². The Hall–Kier alpha value is -1.75. The standard InChI is InChI=1S/C21H26N4S/c1-2-15-14-26-21-23-19(17-10-5-6-12-22-17)20(25(15)21)18-11-7-13-24(18)16-8-3-4-9-16/h5-7,10-13,15-16,19-20H,2-4,8-9,14H2,1H3/t15-,19-,20+/m1/s1. The number of nitrogens with zero attached hydrogens (tertiary/aromatic N) is 4. The van der Waals surface area contributed by atoms with E-state index in [1.54, 1.807) is 0 Å². The summed E-state index contributed by atoms with van der Waals surface area (Å²) in [6.07, 6.45) is 10.7. The molecule has 2 aliphatic heterocycles. The number of fused-ring (bicyclic) bond motifs is 1. The van der Waals surface area contributed by atoms with Gasteiger partial charge in [0, 0.05) is 35.9 Å². The third-order valence-electron chi connectivity index (χ3n) is 6.16. The molecular formula is C21H26N4S. The summed E-state index contributed by atoms with van der Waals surface area (Å²) in [6.45, 7) is 2.30. The van der Waals surface area contributed by atoms with Crippen molar-refractivity contribution >= 4 is 16.9 Å². The maximum Gasteiger partial charge on any atom is 0.160 e. The number of aromatic nitrogens is 2. The summed E-state index contributed by atoms with van der Waals surface area (Å²) in [6, 6.07) is 12.4. The number of rotatable bonds is 4. The van der Waals surface area contributed by atoms with Crippen LogP contribution in [0.25, 0.3) is 0 Å². The van der Waals surface area contributed by atoms with E-state index in [-0.39, 0.29) is 12.1 Å². The normalized spacial score (nSPS) is 28.6. The number of aliphatic imine (C=N–C) groups is 1. The van der Waals surface area contributed by atoms with Gasteiger partial charge in [-0.05, 0) is 43.5 Å². The minimum atomic E-state index is 0.100. The average Bonchev–Trinajstić information content (AvgIpc) is 3.43. The topological polar surface area (TPSA) is 33.4 Å². The number of amidine groups is 1. The summed E-state index contributed by atoms with van der Waals surface area (Å²) >= 11 is 1.92. The Morgan fingerprint density at radius 2 is 2.04 bits per heavy atom. The van der Waals surface area contributed by atoms with Gasteiger partial charge in [-0.1, -0.05) is 37.6 Å². The summed E-state index contributed by atoms with van der Waals surface area (Å²) in [5.74, 6) is 1.16. The Morgan fingerprint density at radius 1 is 1.15 bits per heavy atom. The number of pyridine rings is 1. The molecule has 0 bridgehead atoms. The smallest absolute Gasteiger partial charge is 0.160 e. The molecule has 1 saturated carbocycles. The van der Waals surface area contributed by atoms with Crippen molar-refractivity contribution in [2.45, 2.75) is 63.2 Å². The molecule has 5 heteroatoms. The zero-order valence-electron chi connectivity index (χ0n) is 15.3. The third-order valence-corrected chi connectivity index (χ3v) is 7.29. The Kier molecular flexibility index (Phi) is 4.27. The molecule has 26 heavy (non-hydrogen) atoms.